The number of methoxy groups -OCH3 is 1. The third kappa shape index (κ3) is 3.17. The molecule has 22 heavy (non-hydrogen) atoms. The Kier molecular flexibility index (Phi) is 4.48. The van der Waals surface area contributed by atoms with E-state index in [1.807, 2.05) is 18.2 Å². The van der Waals surface area contributed by atoms with Crippen molar-refractivity contribution < 1.29 is 9.53 Å². The molecule has 0 saturated heterocycles. The lowest BCUT2D eigenvalue weighted by Crippen LogP contribution is -2.34. The van der Waals surface area contributed by atoms with Gasteiger partial charge < -0.3 is 9.64 Å². The summed E-state index contributed by atoms with van der Waals surface area (Å²) in [5.41, 5.74) is 3.26. The van der Waals surface area contributed by atoms with Gasteiger partial charge in [-0.3, -0.25) is 4.79 Å². The van der Waals surface area contributed by atoms with Crippen LogP contribution in [0.4, 0.5) is 5.69 Å². The summed E-state index contributed by atoms with van der Waals surface area (Å²) >= 11 is 0. The van der Waals surface area contributed by atoms with Gasteiger partial charge >= 0.3 is 5.91 Å². The number of benzene rings is 1. The quantitative estimate of drug-likeness (QED) is 0.742. The number of anilines is 1. The average Bonchev–Trinajstić information content (AvgIpc) is 2.59. The van der Waals surface area contributed by atoms with Crippen LogP contribution >= 0.6 is 0 Å². The highest BCUT2D eigenvalue weighted by molar-refractivity contribution is 6.06. The molecule has 1 aliphatic heterocycles. The number of allylic oxidation sites excluding steroid dienone is 2. The number of hydrogen-bond acceptors (Lipinski definition) is 2. The van der Waals surface area contributed by atoms with E-state index in [9.17, 15) is 4.79 Å². The minimum atomic E-state index is -0.0995. The highest BCUT2D eigenvalue weighted by atomic mass is 16.5. The maximum absolute atomic E-state index is 12.5. The summed E-state index contributed by atoms with van der Waals surface area (Å²) in [6.45, 7) is 0.742. The number of carbonyl (C=O) groups excluding carboxylic acids is 1. The molecule has 0 bridgehead atoms. The van der Waals surface area contributed by atoms with Gasteiger partial charge in [0, 0.05) is 18.2 Å². The standard InChI is InChI=1S/C19H21NO2/c1-22-17-10-11-18-16(14-17)8-5-13-20(18)19(21)12-9-15-6-3-2-4-7-15/h6,10-11,14H,2-5,7-8,13H2,1H3. The van der Waals surface area contributed by atoms with E-state index in [1.165, 1.54) is 12.8 Å². The van der Waals surface area contributed by atoms with Crippen molar-refractivity contribution in [3.05, 3.63) is 35.4 Å². The van der Waals surface area contributed by atoms with Crippen LogP contribution in [0.3, 0.4) is 0 Å². The van der Waals surface area contributed by atoms with Gasteiger partial charge in [-0.25, -0.2) is 0 Å². The fourth-order valence-electron chi connectivity index (χ4n) is 3.06. The number of aryl methyl sites for hydroxylation is 1. The Bertz CT molecular complexity index is 664. The molecular weight excluding hydrogens is 274 g/mol. The third-order valence-electron chi connectivity index (χ3n) is 4.27. The highest BCUT2D eigenvalue weighted by Crippen LogP contribution is 2.30. The molecule has 0 saturated carbocycles. The molecule has 3 heteroatoms. The molecule has 1 aromatic carbocycles. The van der Waals surface area contributed by atoms with Crippen molar-refractivity contribution in [2.75, 3.05) is 18.6 Å². The van der Waals surface area contributed by atoms with Crippen molar-refractivity contribution in [2.45, 2.75) is 38.5 Å². The van der Waals surface area contributed by atoms with Crippen molar-refractivity contribution in [1.82, 2.24) is 0 Å². The Morgan fingerprint density at radius 1 is 1.23 bits per heavy atom. The maximum Gasteiger partial charge on any atom is 0.303 e. The van der Waals surface area contributed by atoms with E-state index in [4.69, 9.17) is 4.74 Å². The smallest absolute Gasteiger partial charge is 0.303 e. The molecule has 3 nitrogen and oxygen atoms in total. The van der Waals surface area contributed by atoms with Crippen molar-refractivity contribution in [3.8, 4) is 17.6 Å². The zero-order valence-electron chi connectivity index (χ0n) is 13.0. The minimum absolute atomic E-state index is 0.0995. The van der Waals surface area contributed by atoms with E-state index in [2.05, 4.69) is 17.9 Å². The summed E-state index contributed by atoms with van der Waals surface area (Å²) in [6, 6.07) is 5.89. The van der Waals surface area contributed by atoms with Gasteiger partial charge in [-0.1, -0.05) is 12.0 Å². The summed E-state index contributed by atoms with van der Waals surface area (Å²) in [7, 11) is 1.66. The number of hydrogen-bond donors (Lipinski definition) is 0. The fourth-order valence-corrected chi connectivity index (χ4v) is 3.06. The highest BCUT2D eigenvalue weighted by Gasteiger charge is 2.21. The van der Waals surface area contributed by atoms with Crippen molar-refractivity contribution >= 4 is 11.6 Å². The van der Waals surface area contributed by atoms with Gasteiger partial charge in [0.2, 0.25) is 0 Å². The van der Waals surface area contributed by atoms with Crippen LogP contribution in [0.2, 0.25) is 0 Å². The van der Waals surface area contributed by atoms with Crippen LogP contribution < -0.4 is 9.64 Å². The Morgan fingerprint density at radius 3 is 2.91 bits per heavy atom. The zero-order valence-corrected chi connectivity index (χ0v) is 13.0. The molecule has 0 atom stereocenters. The second-order valence-corrected chi connectivity index (χ2v) is 5.78. The van der Waals surface area contributed by atoms with Crippen LogP contribution in [-0.4, -0.2) is 19.6 Å². The summed E-state index contributed by atoms with van der Waals surface area (Å²) < 4.78 is 5.26. The fraction of sp³-hybridized carbons (Fsp3) is 0.421. The first-order valence-electron chi connectivity index (χ1n) is 7.97. The largest absolute Gasteiger partial charge is 0.497 e. The second-order valence-electron chi connectivity index (χ2n) is 5.78. The molecule has 0 radical (unpaired) electrons. The van der Waals surface area contributed by atoms with Crippen molar-refractivity contribution in [2.24, 2.45) is 0 Å². The Labute approximate surface area is 132 Å². The first-order valence-corrected chi connectivity index (χ1v) is 7.97. The van der Waals surface area contributed by atoms with E-state index in [-0.39, 0.29) is 5.91 Å². The number of rotatable bonds is 1. The van der Waals surface area contributed by atoms with Gasteiger partial charge in [-0.2, -0.15) is 0 Å². The molecule has 114 valence electrons. The molecule has 2 aliphatic rings. The first-order chi connectivity index (χ1) is 10.8. The Balaban J connectivity index is 1.80. The number of ether oxygens (including phenoxy) is 1. The Hall–Kier alpha value is -2.21. The lowest BCUT2D eigenvalue weighted by Gasteiger charge is -2.28. The number of carbonyl (C=O) groups is 1. The first kappa shape index (κ1) is 14.7. The molecule has 1 amide bonds. The van der Waals surface area contributed by atoms with Crippen LogP contribution in [0.5, 0.6) is 5.75 Å². The lowest BCUT2D eigenvalue weighted by atomic mass is 9.99. The summed E-state index contributed by atoms with van der Waals surface area (Å²) in [4.78, 5) is 14.3. The van der Waals surface area contributed by atoms with Crippen LogP contribution in [0.15, 0.2) is 29.8 Å². The molecular formula is C19H21NO2. The van der Waals surface area contributed by atoms with Crippen molar-refractivity contribution in [3.63, 3.8) is 0 Å². The van der Waals surface area contributed by atoms with E-state index in [0.717, 1.165) is 54.8 Å². The molecule has 0 aromatic heterocycles. The van der Waals surface area contributed by atoms with E-state index < -0.39 is 0 Å². The SMILES string of the molecule is COc1ccc2c(c1)CCCN2C(=O)C#CC1=CCCCC1. The predicted octanol–water partition coefficient (Wildman–Crippen LogP) is 3.48. The van der Waals surface area contributed by atoms with Gasteiger partial charge in [0.1, 0.15) is 5.75 Å². The van der Waals surface area contributed by atoms with E-state index in [0.29, 0.717) is 0 Å². The van der Waals surface area contributed by atoms with E-state index in [1.54, 1.807) is 12.0 Å². The normalized spacial score (nSPS) is 17.0. The van der Waals surface area contributed by atoms with Crippen LogP contribution in [0.25, 0.3) is 0 Å². The molecule has 3 rings (SSSR count). The summed E-state index contributed by atoms with van der Waals surface area (Å²) in [5, 5.41) is 0. The maximum atomic E-state index is 12.5. The van der Waals surface area contributed by atoms with Crippen LogP contribution in [0.1, 0.15) is 37.7 Å². The minimum Gasteiger partial charge on any atom is -0.497 e. The molecule has 1 aromatic rings. The van der Waals surface area contributed by atoms with E-state index >= 15 is 0 Å². The molecule has 0 spiro atoms. The number of nitrogens with zero attached hydrogens (tertiary/aromatic N) is 1. The lowest BCUT2D eigenvalue weighted by molar-refractivity contribution is -0.113. The second kappa shape index (κ2) is 6.70. The van der Waals surface area contributed by atoms with Gasteiger partial charge in [-0.05, 0) is 67.9 Å². The average molecular weight is 295 g/mol. The molecule has 0 N–H and O–H groups in total. The van der Waals surface area contributed by atoms with Gasteiger partial charge in [0.05, 0.1) is 7.11 Å². The number of amides is 1. The summed E-state index contributed by atoms with van der Waals surface area (Å²) in [6.07, 6.45) is 8.63. The zero-order chi connectivity index (χ0) is 15.4. The third-order valence-corrected chi connectivity index (χ3v) is 4.27. The van der Waals surface area contributed by atoms with Gasteiger partial charge in [0.25, 0.3) is 0 Å². The molecule has 1 heterocycles. The molecule has 1 aliphatic carbocycles. The van der Waals surface area contributed by atoms with Crippen LogP contribution in [0, 0.1) is 11.8 Å². The Morgan fingerprint density at radius 2 is 2.14 bits per heavy atom. The van der Waals surface area contributed by atoms with Gasteiger partial charge in [-0.15, -0.1) is 0 Å². The van der Waals surface area contributed by atoms with Crippen LogP contribution in [-0.2, 0) is 11.2 Å². The summed E-state index contributed by atoms with van der Waals surface area (Å²) in [5.74, 6) is 6.64. The molecule has 0 fully saturated rings. The van der Waals surface area contributed by atoms with Crippen molar-refractivity contribution in [1.29, 1.82) is 0 Å². The predicted molar refractivity (Wildman–Crippen MR) is 88.0 cm³/mol. The van der Waals surface area contributed by atoms with Gasteiger partial charge in [0.15, 0.2) is 0 Å². The molecule has 0 unspecified atom stereocenters. The topological polar surface area (TPSA) is 29.5 Å². The number of fused-ring (bicyclic) bond motifs is 1. The monoisotopic (exact) mass is 295 g/mol.